The van der Waals surface area contributed by atoms with E-state index in [4.69, 9.17) is 0 Å². The van der Waals surface area contributed by atoms with E-state index in [-0.39, 0.29) is 0 Å². The van der Waals surface area contributed by atoms with E-state index in [0.29, 0.717) is 0 Å². The van der Waals surface area contributed by atoms with Crippen LogP contribution in [0.4, 0.5) is 0 Å². The Morgan fingerprint density at radius 3 is 1.92 bits per heavy atom. The number of nitrogens with one attached hydrogen (secondary N) is 1. The van der Waals surface area contributed by atoms with Crippen molar-refractivity contribution in [2.45, 2.75) is 53.2 Å². The third kappa shape index (κ3) is 6.72. The summed E-state index contributed by atoms with van der Waals surface area (Å²) in [5, 5.41) is 3.62. The van der Waals surface area contributed by atoms with Crippen LogP contribution in [0.3, 0.4) is 0 Å². The van der Waals surface area contributed by atoms with E-state index >= 15 is 0 Å². The van der Waals surface area contributed by atoms with Crippen LogP contribution in [-0.2, 0) is 0 Å². The molecule has 0 aliphatic heterocycles. The van der Waals surface area contributed by atoms with Gasteiger partial charge in [0.15, 0.2) is 0 Å². The van der Waals surface area contributed by atoms with Crippen LogP contribution in [0, 0.1) is 5.92 Å². The smallest absolute Gasteiger partial charge is 0.220 e. The molecule has 0 atom stereocenters. The molecule has 0 aromatic carbocycles. The first-order valence-corrected chi connectivity index (χ1v) is 5.44. The molecule has 0 fully saturated rings. The molecule has 0 amide bonds. The van der Waals surface area contributed by atoms with Gasteiger partial charge in [-0.2, -0.15) is 0 Å². The molecule has 0 spiro atoms. The summed E-state index contributed by atoms with van der Waals surface area (Å²) < 4.78 is 0. The number of hydrogen-bond donors (Lipinski definition) is 1. The van der Waals surface area contributed by atoms with Crippen LogP contribution in [0.15, 0.2) is 0 Å². The molecule has 12 heavy (non-hydrogen) atoms. The van der Waals surface area contributed by atoms with E-state index < -0.39 is 0 Å². The normalized spacial score (nSPS) is 10.8. The summed E-state index contributed by atoms with van der Waals surface area (Å²) in [6, 6.07) is 0. The average Bonchev–Trinajstić information content (AvgIpc) is 2.01. The van der Waals surface area contributed by atoms with Crippen molar-refractivity contribution in [1.82, 2.24) is 5.23 Å². The van der Waals surface area contributed by atoms with Crippen molar-refractivity contribution in [3.05, 3.63) is 0 Å². The SMILES string of the molecule is CCCB(CCC)NCC(C)C. The minimum Gasteiger partial charge on any atom is -0.355 e. The van der Waals surface area contributed by atoms with E-state index in [9.17, 15) is 0 Å². The summed E-state index contributed by atoms with van der Waals surface area (Å²) in [4.78, 5) is 0. The summed E-state index contributed by atoms with van der Waals surface area (Å²) in [5.74, 6) is 0.779. The first kappa shape index (κ1) is 12.0. The van der Waals surface area contributed by atoms with Gasteiger partial charge in [-0.3, -0.25) is 0 Å². The first-order chi connectivity index (χ1) is 5.70. The van der Waals surface area contributed by atoms with Crippen LogP contribution in [0.2, 0.25) is 12.6 Å². The van der Waals surface area contributed by atoms with Gasteiger partial charge in [0, 0.05) is 0 Å². The highest BCUT2D eigenvalue weighted by Crippen LogP contribution is 2.03. The zero-order valence-corrected chi connectivity index (χ0v) is 9.19. The molecule has 0 radical (unpaired) electrons. The van der Waals surface area contributed by atoms with Crippen molar-refractivity contribution >= 4 is 6.85 Å². The lowest BCUT2D eigenvalue weighted by atomic mass is 9.55. The molecular weight excluding hydrogens is 145 g/mol. The van der Waals surface area contributed by atoms with Crippen molar-refractivity contribution in [1.29, 1.82) is 0 Å². The van der Waals surface area contributed by atoms with Crippen LogP contribution in [-0.4, -0.2) is 13.4 Å². The molecule has 0 aromatic heterocycles. The number of hydrogen-bond acceptors (Lipinski definition) is 1. The van der Waals surface area contributed by atoms with E-state index in [2.05, 4.69) is 32.9 Å². The summed E-state index contributed by atoms with van der Waals surface area (Å²) >= 11 is 0. The first-order valence-electron chi connectivity index (χ1n) is 5.44. The third-order valence-corrected chi connectivity index (χ3v) is 2.09. The van der Waals surface area contributed by atoms with Gasteiger partial charge in [0.1, 0.15) is 0 Å². The van der Waals surface area contributed by atoms with E-state index in [0.717, 1.165) is 12.8 Å². The lowest BCUT2D eigenvalue weighted by molar-refractivity contribution is 0.625. The second-order valence-electron chi connectivity index (χ2n) is 4.08. The van der Waals surface area contributed by atoms with Crippen LogP contribution >= 0.6 is 0 Å². The Balaban J connectivity index is 3.48. The van der Waals surface area contributed by atoms with Crippen molar-refractivity contribution in [2.24, 2.45) is 5.92 Å². The molecule has 1 nitrogen and oxygen atoms in total. The lowest BCUT2D eigenvalue weighted by Crippen LogP contribution is -2.35. The van der Waals surface area contributed by atoms with Gasteiger partial charge in [0.2, 0.25) is 6.85 Å². The second kappa shape index (κ2) is 7.66. The fraction of sp³-hybridized carbons (Fsp3) is 1.00. The fourth-order valence-corrected chi connectivity index (χ4v) is 1.45. The predicted molar refractivity (Wildman–Crippen MR) is 58.8 cm³/mol. The monoisotopic (exact) mass is 169 g/mol. The molecule has 0 heterocycles. The Morgan fingerprint density at radius 2 is 1.58 bits per heavy atom. The topological polar surface area (TPSA) is 12.0 Å². The van der Waals surface area contributed by atoms with Crippen molar-refractivity contribution < 1.29 is 0 Å². The molecule has 1 N–H and O–H groups in total. The Kier molecular flexibility index (Phi) is 7.68. The standard InChI is InChI=1S/C10H24BN/c1-5-7-11(8-6-2)12-9-10(3)4/h10,12H,5-9H2,1-4H3. The van der Waals surface area contributed by atoms with E-state index in [1.54, 1.807) is 0 Å². The highest BCUT2D eigenvalue weighted by Gasteiger charge is 2.10. The molecule has 0 unspecified atom stereocenters. The Labute approximate surface area is 78.4 Å². The van der Waals surface area contributed by atoms with Gasteiger partial charge in [0.25, 0.3) is 0 Å². The van der Waals surface area contributed by atoms with Gasteiger partial charge in [-0.05, 0) is 12.5 Å². The van der Waals surface area contributed by atoms with Gasteiger partial charge in [-0.1, -0.05) is 53.2 Å². The largest absolute Gasteiger partial charge is 0.355 e. The van der Waals surface area contributed by atoms with Crippen molar-refractivity contribution in [2.75, 3.05) is 6.54 Å². The highest BCUT2D eigenvalue weighted by molar-refractivity contribution is 6.56. The average molecular weight is 169 g/mol. The summed E-state index contributed by atoms with van der Waals surface area (Å²) in [6.07, 6.45) is 5.27. The highest BCUT2D eigenvalue weighted by atomic mass is 14.8. The minimum absolute atomic E-state index is 0.766. The molecule has 0 aliphatic rings. The van der Waals surface area contributed by atoms with Crippen LogP contribution in [0.5, 0.6) is 0 Å². The van der Waals surface area contributed by atoms with Crippen molar-refractivity contribution in [3.8, 4) is 0 Å². The van der Waals surface area contributed by atoms with Gasteiger partial charge < -0.3 is 5.23 Å². The van der Waals surface area contributed by atoms with Gasteiger partial charge >= 0.3 is 0 Å². The lowest BCUT2D eigenvalue weighted by Gasteiger charge is -2.15. The molecule has 0 bridgehead atoms. The predicted octanol–water partition coefficient (Wildman–Crippen LogP) is 3.04. The van der Waals surface area contributed by atoms with Gasteiger partial charge in [-0.15, -0.1) is 0 Å². The van der Waals surface area contributed by atoms with E-state index in [1.807, 2.05) is 0 Å². The summed E-state index contributed by atoms with van der Waals surface area (Å²) in [7, 11) is 0. The van der Waals surface area contributed by atoms with Crippen LogP contribution < -0.4 is 5.23 Å². The minimum atomic E-state index is 0.766. The molecule has 0 rings (SSSR count). The Bertz CT molecular complexity index is 87.8. The summed E-state index contributed by atoms with van der Waals surface area (Å²) in [5.41, 5.74) is 0. The molecular formula is C10H24BN. The molecule has 0 aromatic rings. The maximum absolute atomic E-state index is 3.62. The third-order valence-electron chi connectivity index (χ3n) is 2.09. The maximum atomic E-state index is 3.62. The molecule has 0 aliphatic carbocycles. The summed E-state index contributed by atoms with van der Waals surface area (Å²) in [6.45, 7) is 11.0. The molecule has 0 saturated carbocycles. The Morgan fingerprint density at radius 1 is 1.08 bits per heavy atom. The number of rotatable bonds is 7. The maximum Gasteiger partial charge on any atom is 0.220 e. The second-order valence-corrected chi connectivity index (χ2v) is 4.08. The van der Waals surface area contributed by atoms with Crippen LogP contribution in [0.1, 0.15) is 40.5 Å². The zero-order valence-electron chi connectivity index (χ0n) is 9.19. The Hall–Kier alpha value is 0.0249. The zero-order chi connectivity index (χ0) is 9.40. The molecule has 2 heteroatoms. The molecule has 72 valence electrons. The van der Waals surface area contributed by atoms with Gasteiger partial charge in [-0.25, -0.2) is 0 Å². The quantitative estimate of drug-likeness (QED) is 0.577. The van der Waals surface area contributed by atoms with Crippen LogP contribution in [0.25, 0.3) is 0 Å². The fourth-order valence-electron chi connectivity index (χ4n) is 1.45. The van der Waals surface area contributed by atoms with Gasteiger partial charge in [0.05, 0.1) is 0 Å². The van der Waals surface area contributed by atoms with Crippen molar-refractivity contribution in [3.63, 3.8) is 0 Å². The molecule has 0 saturated heterocycles. The van der Waals surface area contributed by atoms with E-state index in [1.165, 1.54) is 32.0 Å².